The first-order valence-corrected chi connectivity index (χ1v) is 10.5. The van der Waals surface area contributed by atoms with Gasteiger partial charge in [0, 0.05) is 33.5 Å². The minimum absolute atomic E-state index is 0.193. The Kier molecular flexibility index (Phi) is 4.91. The zero-order valence-corrected chi connectivity index (χ0v) is 17.2. The number of hydrogen-bond acceptors (Lipinski definition) is 2. The number of nitrogens with zero attached hydrogens (tertiary/aromatic N) is 1. The lowest BCUT2D eigenvalue weighted by atomic mass is 9.73. The van der Waals surface area contributed by atoms with E-state index in [9.17, 15) is 0 Å². The lowest BCUT2D eigenvalue weighted by Crippen LogP contribution is -2.17. The van der Waals surface area contributed by atoms with Crippen molar-refractivity contribution in [2.75, 3.05) is 0 Å². The van der Waals surface area contributed by atoms with Gasteiger partial charge in [-0.3, -0.25) is 0 Å². The normalized spacial score (nSPS) is 18.4. The lowest BCUT2D eigenvalue weighted by molar-refractivity contribution is 0.357. The zero-order chi connectivity index (χ0) is 19.8. The Bertz CT molecular complexity index is 1120. The van der Waals surface area contributed by atoms with Crippen molar-refractivity contribution in [3.8, 4) is 11.3 Å². The molecule has 0 bridgehead atoms. The Balaban J connectivity index is 1.62. The maximum Gasteiger partial charge on any atom is 0.141 e. The average Bonchev–Trinajstić information content (AvgIpc) is 3.19. The van der Waals surface area contributed by atoms with Crippen molar-refractivity contribution < 1.29 is 4.52 Å². The second-order valence-electron chi connectivity index (χ2n) is 7.53. The third kappa shape index (κ3) is 3.59. The van der Waals surface area contributed by atoms with Gasteiger partial charge in [0.2, 0.25) is 0 Å². The van der Waals surface area contributed by atoms with Crippen molar-refractivity contribution >= 4 is 23.2 Å². The van der Waals surface area contributed by atoms with E-state index in [0.717, 1.165) is 39.9 Å². The molecule has 2 atom stereocenters. The number of halogens is 2. The summed E-state index contributed by atoms with van der Waals surface area (Å²) in [6.45, 7) is 0. The van der Waals surface area contributed by atoms with Crippen LogP contribution in [0.25, 0.3) is 11.3 Å². The third-order valence-corrected chi connectivity index (χ3v) is 6.27. The van der Waals surface area contributed by atoms with Crippen LogP contribution in [0.4, 0.5) is 0 Å². The third-order valence-electron chi connectivity index (χ3n) is 5.76. The standard InChI is InChI=1S/C25H19Cl2NO/c26-20-10-6-16(7-11-20)19-14-22(17-8-12-21(27)13-9-17)24-23(15-19)29-28-25(24)18-4-2-1-3-5-18/h1-13,19,22H,14-15H2. The summed E-state index contributed by atoms with van der Waals surface area (Å²) in [4.78, 5) is 0. The van der Waals surface area contributed by atoms with Crippen molar-refractivity contribution in [1.82, 2.24) is 5.16 Å². The number of rotatable bonds is 3. The van der Waals surface area contributed by atoms with Crippen molar-refractivity contribution in [3.63, 3.8) is 0 Å². The Morgan fingerprint density at radius 2 is 1.38 bits per heavy atom. The highest BCUT2D eigenvalue weighted by Crippen LogP contribution is 2.47. The summed E-state index contributed by atoms with van der Waals surface area (Å²) in [5.41, 5.74) is 5.73. The van der Waals surface area contributed by atoms with E-state index in [-0.39, 0.29) is 5.92 Å². The number of fused-ring (bicyclic) bond motifs is 1. The first-order chi connectivity index (χ1) is 14.2. The molecule has 1 aromatic heterocycles. The van der Waals surface area contributed by atoms with Crippen LogP contribution in [0, 0.1) is 0 Å². The van der Waals surface area contributed by atoms with Crippen LogP contribution in [-0.2, 0) is 6.42 Å². The molecule has 29 heavy (non-hydrogen) atoms. The lowest BCUT2D eigenvalue weighted by Gasteiger charge is -2.29. The van der Waals surface area contributed by atoms with E-state index in [4.69, 9.17) is 27.7 Å². The Morgan fingerprint density at radius 3 is 2.03 bits per heavy atom. The molecular formula is C25H19Cl2NO. The molecule has 0 radical (unpaired) electrons. The summed E-state index contributed by atoms with van der Waals surface area (Å²) in [6.07, 6.45) is 1.82. The second kappa shape index (κ2) is 7.70. The topological polar surface area (TPSA) is 26.0 Å². The monoisotopic (exact) mass is 419 g/mol. The molecule has 0 aliphatic heterocycles. The molecule has 144 valence electrons. The van der Waals surface area contributed by atoms with Crippen LogP contribution in [0.5, 0.6) is 0 Å². The summed E-state index contributed by atoms with van der Waals surface area (Å²) >= 11 is 12.3. The molecule has 0 amide bonds. The van der Waals surface area contributed by atoms with E-state index in [1.54, 1.807) is 0 Å². The van der Waals surface area contributed by atoms with Crippen LogP contribution in [0.15, 0.2) is 83.4 Å². The van der Waals surface area contributed by atoms with Gasteiger partial charge in [-0.1, -0.05) is 83.0 Å². The molecule has 4 heteroatoms. The molecule has 0 saturated carbocycles. The van der Waals surface area contributed by atoms with Crippen molar-refractivity contribution in [3.05, 3.63) is 111 Å². The highest BCUT2D eigenvalue weighted by Gasteiger charge is 2.35. The first-order valence-electron chi connectivity index (χ1n) is 9.74. The quantitative estimate of drug-likeness (QED) is 0.343. The fraction of sp³-hybridized carbons (Fsp3) is 0.160. The van der Waals surface area contributed by atoms with Crippen LogP contribution < -0.4 is 0 Å². The van der Waals surface area contributed by atoms with E-state index in [2.05, 4.69) is 41.6 Å². The van der Waals surface area contributed by atoms with Gasteiger partial charge in [0.05, 0.1) is 0 Å². The average molecular weight is 420 g/mol. The molecule has 4 aromatic rings. The van der Waals surface area contributed by atoms with Gasteiger partial charge in [-0.2, -0.15) is 0 Å². The van der Waals surface area contributed by atoms with Crippen LogP contribution >= 0.6 is 23.2 Å². The molecule has 1 aliphatic carbocycles. The van der Waals surface area contributed by atoms with Crippen molar-refractivity contribution in [2.24, 2.45) is 0 Å². The van der Waals surface area contributed by atoms with Crippen LogP contribution in [0.2, 0.25) is 10.0 Å². The van der Waals surface area contributed by atoms with E-state index in [1.807, 2.05) is 42.5 Å². The maximum atomic E-state index is 6.15. The van der Waals surface area contributed by atoms with Crippen molar-refractivity contribution in [1.29, 1.82) is 0 Å². The van der Waals surface area contributed by atoms with Gasteiger partial charge in [-0.05, 0) is 47.7 Å². The summed E-state index contributed by atoms with van der Waals surface area (Å²) in [7, 11) is 0. The van der Waals surface area contributed by atoms with Crippen LogP contribution in [0.1, 0.15) is 40.7 Å². The predicted octanol–water partition coefficient (Wildman–Crippen LogP) is 7.51. The van der Waals surface area contributed by atoms with E-state index >= 15 is 0 Å². The van der Waals surface area contributed by atoms with Gasteiger partial charge in [-0.25, -0.2) is 0 Å². The minimum Gasteiger partial charge on any atom is -0.360 e. The molecule has 0 saturated heterocycles. The Labute approximate surface area is 180 Å². The van der Waals surface area contributed by atoms with Gasteiger partial charge in [0.15, 0.2) is 0 Å². The summed E-state index contributed by atoms with van der Waals surface area (Å²) in [6, 6.07) is 26.5. The van der Waals surface area contributed by atoms with Gasteiger partial charge < -0.3 is 4.52 Å². The molecular weight excluding hydrogens is 401 g/mol. The molecule has 2 unspecified atom stereocenters. The molecule has 2 nitrogen and oxygen atoms in total. The molecule has 0 spiro atoms. The number of aromatic nitrogens is 1. The maximum absolute atomic E-state index is 6.15. The van der Waals surface area contributed by atoms with Gasteiger partial charge >= 0.3 is 0 Å². The van der Waals surface area contributed by atoms with Crippen molar-refractivity contribution in [2.45, 2.75) is 24.7 Å². The van der Waals surface area contributed by atoms with E-state index in [0.29, 0.717) is 5.92 Å². The summed E-state index contributed by atoms with van der Waals surface area (Å²) in [5.74, 6) is 1.50. The number of benzene rings is 3. The molecule has 1 heterocycles. The SMILES string of the molecule is Clc1ccc(C2Cc3onc(-c4ccccc4)c3C(c3ccc(Cl)cc3)C2)cc1. The molecule has 0 fully saturated rings. The molecule has 5 rings (SSSR count). The molecule has 0 N–H and O–H groups in total. The fourth-order valence-electron chi connectivity index (χ4n) is 4.34. The first kappa shape index (κ1) is 18.5. The predicted molar refractivity (Wildman–Crippen MR) is 118 cm³/mol. The largest absolute Gasteiger partial charge is 0.360 e. The summed E-state index contributed by atoms with van der Waals surface area (Å²) in [5, 5.41) is 5.98. The molecule has 1 aliphatic rings. The Morgan fingerprint density at radius 1 is 0.759 bits per heavy atom. The highest BCUT2D eigenvalue weighted by molar-refractivity contribution is 6.30. The van der Waals surface area contributed by atoms with Gasteiger partial charge in [0.1, 0.15) is 11.5 Å². The second-order valence-corrected chi connectivity index (χ2v) is 8.40. The van der Waals surface area contributed by atoms with E-state index < -0.39 is 0 Å². The zero-order valence-electron chi connectivity index (χ0n) is 15.7. The van der Waals surface area contributed by atoms with Gasteiger partial charge in [-0.15, -0.1) is 0 Å². The van der Waals surface area contributed by atoms with Crippen LogP contribution in [0.3, 0.4) is 0 Å². The smallest absolute Gasteiger partial charge is 0.141 e. The molecule has 3 aromatic carbocycles. The minimum atomic E-state index is 0.193. The van der Waals surface area contributed by atoms with Gasteiger partial charge in [0.25, 0.3) is 0 Å². The number of hydrogen-bond donors (Lipinski definition) is 0. The Hall–Kier alpha value is -2.55. The van der Waals surface area contributed by atoms with Crippen LogP contribution in [-0.4, -0.2) is 5.16 Å². The fourth-order valence-corrected chi connectivity index (χ4v) is 4.59. The van der Waals surface area contributed by atoms with E-state index in [1.165, 1.54) is 16.7 Å². The highest BCUT2D eigenvalue weighted by atomic mass is 35.5. The summed E-state index contributed by atoms with van der Waals surface area (Å²) < 4.78 is 5.89.